The average Bonchev–Trinajstić information content (AvgIpc) is 2.75. The first-order chi connectivity index (χ1) is 8.34. The predicted molar refractivity (Wildman–Crippen MR) is 63.1 cm³/mol. The zero-order valence-corrected chi connectivity index (χ0v) is 8.75. The Balaban J connectivity index is 2.07. The summed E-state index contributed by atoms with van der Waals surface area (Å²) in [6.07, 6.45) is 1.28. The molecule has 2 aromatic heterocycles. The van der Waals surface area contributed by atoms with Gasteiger partial charge in [-0.25, -0.2) is 9.97 Å². The molecular formula is C11H9N5O. The number of para-hydroxylation sites is 1. The molecule has 84 valence electrons. The number of aromatic nitrogens is 4. The number of aromatic amines is 1. The summed E-state index contributed by atoms with van der Waals surface area (Å²) in [6.45, 7) is 0. The van der Waals surface area contributed by atoms with Crippen LogP contribution in [0.4, 0.5) is 11.5 Å². The highest BCUT2D eigenvalue weighted by atomic mass is 16.3. The fraction of sp³-hybridized carbons (Fsp3) is 0. The highest BCUT2D eigenvalue weighted by Gasteiger charge is 2.11. The van der Waals surface area contributed by atoms with E-state index in [-0.39, 0.29) is 5.88 Å². The maximum absolute atomic E-state index is 9.67. The summed E-state index contributed by atoms with van der Waals surface area (Å²) in [5.74, 6) is 0.409. The molecule has 0 aliphatic rings. The van der Waals surface area contributed by atoms with Gasteiger partial charge in [-0.2, -0.15) is 5.10 Å². The van der Waals surface area contributed by atoms with Gasteiger partial charge in [0.1, 0.15) is 11.7 Å². The first kappa shape index (κ1) is 9.59. The Morgan fingerprint density at radius 3 is 2.76 bits per heavy atom. The summed E-state index contributed by atoms with van der Waals surface area (Å²) >= 11 is 0. The smallest absolute Gasteiger partial charge is 0.227 e. The molecule has 0 spiro atoms. The number of H-pyrrole nitrogens is 1. The van der Waals surface area contributed by atoms with Crippen molar-refractivity contribution < 1.29 is 5.11 Å². The van der Waals surface area contributed by atoms with Gasteiger partial charge in [-0.3, -0.25) is 5.10 Å². The molecule has 2 heterocycles. The van der Waals surface area contributed by atoms with Crippen molar-refractivity contribution in [2.75, 3.05) is 5.32 Å². The minimum absolute atomic E-state index is 0.0952. The fourth-order valence-electron chi connectivity index (χ4n) is 1.59. The number of nitrogens with one attached hydrogen (secondary N) is 2. The number of hydrogen-bond acceptors (Lipinski definition) is 5. The third kappa shape index (κ3) is 1.65. The first-order valence-corrected chi connectivity index (χ1v) is 5.05. The lowest BCUT2D eigenvalue weighted by Crippen LogP contribution is -1.91. The Kier molecular flexibility index (Phi) is 2.11. The molecule has 6 nitrogen and oxygen atoms in total. The normalized spacial score (nSPS) is 10.6. The number of aromatic hydroxyl groups is 1. The Morgan fingerprint density at radius 2 is 1.94 bits per heavy atom. The first-order valence-electron chi connectivity index (χ1n) is 5.05. The molecule has 17 heavy (non-hydrogen) atoms. The highest BCUT2D eigenvalue weighted by molar-refractivity contribution is 5.92. The van der Waals surface area contributed by atoms with Gasteiger partial charge >= 0.3 is 0 Å². The molecule has 0 radical (unpaired) electrons. The Morgan fingerprint density at radius 1 is 1.12 bits per heavy atom. The molecule has 3 N–H and O–H groups in total. The summed E-state index contributed by atoms with van der Waals surface area (Å²) in [7, 11) is 0. The Bertz CT molecular complexity index is 649. The van der Waals surface area contributed by atoms with Gasteiger partial charge in [0.05, 0.1) is 0 Å². The Labute approximate surface area is 96.4 Å². The number of anilines is 2. The third-order valence-electron chi connectivity index (χ3n) is 2.37. The van der Waals surface area contributed by atoms with Crippen LogP contribution in [0.1, 0.15) is 0 Å². The lowest BCUT2D eigenvalue weighted by atomic mass is 10.3. The molecule has 0 saturated carbocycles. The van der Waals surface area contributed by atoms with Gasteiger partial charge in [-0.05, 0) is 12.1 Å². The summed E-state index contributed by atoms with van der Waals surface area (Å²) in [6, 6.07) is 9.55. The van der Waals surface area contributed by atoms with Gasteiger partial charge in [0, 0.05) is 5.69 Å². The van der Waals surface area contributed by atoms with E-state index < -0.39 is 0 Å². The van der Waals surface area contributed by atoms with E-state index in [9.17, 15) is 5.11 Å². The molecule has 0 amide bonds. The second-order valence-corrected chi connectivity index (χ2v) is 3.48. The van der Waals surface area contributed by atoms with Crippen LogP contribution >= 0.6 is 0 Å². The molecular weight excluding hydrogens is 218 g/mol. The van der Waals surface area contributed by atoms with Crippen LogP contribution in [0.25, 0.3) is 11.0 Å². The standard InChI is InChI=1S/C11H9N5O/c17-11-8-9(12-6-13-11)15-16-10(8)14-7-4-2-1-3-5-7/h1-6H,(H3,12,13,14,15,16,17). The summed E-state index contributed by atoms with van der Waals surface area (Å²) in [5, 5.41) is 20.0. The van der Waals surface area contributed by atoms with E-state index in [1.165, 1.54) is 6.33 Å². The number of rotatable bonds is 2. The van der Waals surface area contributed by atoms with Gasteiger partial charge in [0.2, 0.25) is 5.88 Å². The van der Waals surface area contributed by atoms with E-state index >= 15 is 0 Å². The number of nitrogens with zero attached hydrogens (tertiary/aromatic N) is 3. The van der Waals surface area contributed by atoms with Crippen LogP contribution in [0, 0.1) is 0 Å². The Hall–Kier alpha value is -2.63. The van der Waals surface area contributed by atoms with E-state index in [0.717, 1.165) is 5.69 Å². The monoisotopic (exact) mass is 227 g/mol. The number of hydrogen-bond donors (Lipinski definition) is 3. The summed E-state index contributed by atoms with van der Waals surface area (Å²) in [4.78, 5) is 7.70. The van der Waals surface area contributed by atoms with Gasteiger partial charge < -0.3 is 10.4 Å². The SMILES string of the molecule is Oc1ncnc2[nH]nc(Nc3ccccc3)c12. The van der Waals surface area contributed by atoms with Gasteiger partial charge in [0.25, 0.3) is 0 Å². The van der Waals surface area contributed by atoms with Crippen LogP contribution in [0.2, 0.25) is 0 Å². The van der Waals surface area contributed by atoms with Gasteiger partial charge in [0.15, 0.2) is 11.5 Å². The van der Waals surface area contributed by atoms with E-state index in [4.69, 9.17) is 0 Å². The molecule has 0 aliphatic heterocycles. The summed E-state index contributed by atoms with van der Waals surface area (Å²) < 4.78 is 0. The van der Waals surface area contributed by atoms with Crippen LogP contribution in [0.15, 0.2) is 36.7 Å². The maximum Gasteiger partial charge on any atom is 0.227 e. The van der Waals surface area contributed by atoms with Crippen molar-refractivity contribution in [2.45, 2.75) is 0 Å². The maximum atomic E-state index is 9.67. The number of fused-ring (bicyclic) bond motifs is 1. The average molecular weight is 227 g/mol. The van der Waals surface area contributed by atoms with Crippen molar-refractivity contribution in [3.05, 3.63) is 36.7 Å². The van der Waals surface area contributed by atoms with Crippen LogP contribution in [-0.2, 0) is 0 Å². The van der Waals surface area contributed by atoms with Crippen molar-refractivity contribution in [3.63, 3.8) is 0 Å². The lowest BCUT2D eigenvalue weighted by Gasteiger charge is -2.02. The molecule has 0 fully saturated rings. The van der Waals surface area contributed by atoms with Gasteiger partial charge in [-0.15, -0.1) is 0 Å². The zero-order chi connectivity index (χ0) is 11.7. The molecule has 0 bridgehead atoms. The van der Waals surface area contributed by atoms with Gasteiger partial charge in [-0.1, -0.05) is 18.2 Å². The van der Waals surface area contributed by atoms with Crippen LogP contribution in [0.5, 0.6) is 5.88 Å². The van der Waals surface area contributed by atoms with Crippen molar-refractivity contribution in [1.29, 1.82) is 0 Å². The summed E-state index contributed by atoms with van der Waals surface area (Å²) in [5.41, 5.74) is 1.38. The predicted octanol–water partition coefficient (Wildman–Crippen LogP) is 1.80. The minimum Gasteiger partial charge on any atom is -0.493 e. The largest absolute Gasteiger partial charge is 0.493 e. The highest BCUT2D eigenvalue weighted by Crippen LogP contribution is 2.27. The van der Waals surface area contributed by atoms with Crippen LogP contribution < -0.4 is 5.32 Å². The van der Waals surface area contributed by atoms with Crippen molar-refractivity contribution in [3.8, 4) is 5.88 Å². The zero-order valence-electron chi connectivity index (χ0n) is 8.75. The van der Waals surface area contributed by atoms with Crippen LogP contribution in [0.3, 0.4) is 0 Å². The van der Waals surface area contributed by atoms with Crippen molar-refractivity contribution >= 4 is 22.5 Å². The molecule has 0 aliphatic carbocycles. The topological polar surface area (TPSA) is 86.7 Å². The molecule has 0 atom stereocenters. The number of benzene rings is 1. The van der Waals surface area contributed by atoms with Crippen molar-refractivity contribution in [1.82, 2.24) is 20.2 Å². The second-order valence-electron chi connectivity index (χ2n) is 3.48. The molecule has 3 rings (SSSR count). The van der Waals surface area contributed by atoms with E-state index in [1.807, 2.05) is 30.3 Å². The lowest BCUT2D eigenvalue weighted by molar-refractivity contribution is 0.459. The molecule has 3 aromatic rings. The molecule has 6 heteroatoms. The van der Waals surface area contributed by atoms with Crippen molar-refractivity contribution in [2.24, 2.45) is 0 Å². The molecule has 0 unspecified atom stereocenters. The van der Waals surface area contributed by atoms with E-state index in [1.54, 1.807) is 0 Å². The second kappa shape index (κ2) is 3.75. The van der Waals surface area contributed by atoms with E-state index in [2.05, 4.69) is 25.5 Å². The molecule has 0 saturated heterocycles. The minimum atomic E-state index is -0.0952. The quantitative estimate of drug-likeness (QED) is 0.621. The third-order valence-corrected chi connectivity index (χ3v) is 2.37. The molecule has 1 aromatic carbocycles. The fourth-order valence-corrected chi connectivity index (χ4v) is 1.59. The van der Waals surface area contributed by atoms with Crippen LogP contribution in [-0.4, -0.2) is 25.3 Å². The van der Waals surface area contributed by atoms with E-state index in [0.29, 0.717) is 16.9 Å².